The van der Waals surface area contributed by atoms with Gasteiger partial charge in [0.1, 0.15) is 11.5 Å². The third-order valence-corrected chi connectivity index (χ3v) is 5.44. The van der Waals surface area contributed by atoms with Crippen LogP contribution in [-0.2, 0) is 13.0 Å². The van der Waals surface area contributed by atoms with E-state index in [4.69, 9.17) is 0 Å². The molecule has 0 unspecified atom stereocenters. The van der Waals surface area contributed by atoms with Crippen LogP contribution in [0.25, 0.3) is 0 Å². The molecule has 24 heavy (non-hydrogen) atoms. The first kappa shape index (κ1) is 15.4. The van der Waals surface area contributed by atoms with Crippen molar-refractivity contribution in [2.24, 2.45) is 0 Å². The molecule has 2 aliphatic rings. The number of nitrogens with zero attached hydrogens (tertiary/aromatic N) is 2. The summed E-state index contributed by atoms with van der Waals surface area (Å²) < 4.78 is 2.18. The van der Waals surface area contributed by atoms with Gasteiger partial charge in [-0.2, -0.15) is 0 Å². The van der Waals surface area contributed by atoms with Crippen molar-refractivity contribution in [2.45, 2.75) is 63.5 Å². The summed E-state index contributed by atoms with van der Waals surface area (Å²) in [6.45, 7) is 0.920. The zero-order valence-corrected chi connectivity index (χ0v) is 14.1. The summed E-state index contributed by atoms with van der Waals surface area (Å²) in [5.74, 6) is 1.57. The summed E-state index contributed by atoms with van der Waals surface area (Å²) in [5.41, 5.74) is 1.97. The van der Waals surface area contributed by atoms with Gasteiger partial charge in [-0.3, -0.25) is 4.79 Å². The fourth-order valence-electron chi connectivity index (χ4n) is 4.06. The number of rotatable bonds is 3. The number of amides is 1. The molecule has 1 aliphatic carbocycles. The van der Waals surface area contributed by atoms with Gasteiger partial charge in [-0.05, 0) is 24.8 Å². The van der Waals surface area contributed by atoms with Gasteiger partial charge in [0.25, 0.3) is 5.91 Å². The second-order valence-electron chi connectivity index (χ2n) is 7.15. The minimum absolute atomic E-state index is 0.0000566. The standard InChI is InChI=1S/C20H25N3O/c24-20(21-17-9-5-2-6-10-17)18-14-23-13-16(11-12-19(23)22-18)15-7-3-1-4-8-15/h1,3-4,7-8,14,16-17H,2,5-6,9-13H2,(H,21,24)/t16-/m0/s1. The van der Waals surface area contributed by atoms with Gasteiger partial charge in [-0.15, -0.1) is 0 Å². The van der Waals surface area contributed by atoms with Crippen LogP contribution in [0.15, 0.2) is 36.5 Å². The summed E-state index contributed by atoms with van der Waals surface area (Å²) in [4.78, 5) is 17.1. The number of fused-ring (bicyclic) bond motifs is 1. The number of nitrogens with one attached hydrogen (secondary N) is 1. The Morgan fingerprint density at radius 2 is 1.88 bits per heavy atom. The molecule has 1 atom stereocenters. The average molecular weight is 323 g/mol. The molecule has 1 amide bonds. The zero-order chi connectivity index (χ0) is 16.4. The first-order valence-electron chi connectivity index (χ1n) is 9.21. The molecule has 126 valence electrons. The lowest BCUT2D eigenvalue weighted by atomic mass is 9.92. The molecular weight excluding hydrogens is 298 g/mol. The fourth-order valence-corrected chi connectivity index (χ4v) is 4.06. The predicted molar refractivity (Wildman–Crippen MR) is 94.1 cm³/mol. The zero-order valence-electron chi connectivity index (χ0n) is 14.1. The molecule has 4 heteroatoms. The molecule has 1 aromatic heterocycles. The Morgan fingerprint density at radius 1 is 1.08 bits per heavy atom. The van der Waals surface area contributed by atoms with Crippen molar-refractivity contribution in [3.8, 4) is 0 Å². The molecule has 1 aromatic carbocycles. The molecule has 0 spiro atoms. The van der Waals surface area contributed by atoms with Crippen LogP contribution >= 0.6 is 0 Å². The van der Waals surface area contributed by atoms with E-state index in [1.807, 2.05) is 6.20 Å². The van der Waals surface area contributed by atoms with Gasteiger partial charge in [-0.25, -0.2) is 4.98 Å². The molecule has 0 saturated heterocycles. The minimum Gasteiger partial charge on any atom is -0.348 e. The van der Waals surface area contributed by atoms with E-state index in [0.29, 0.717) is 17.7 Å². The highest BCUT2D eigenvalue weighted by atomic mass is 16.2. The van der Waals surface area contributed by atoms with Crippen LogP contribution in [0, 0.1) is 0 Å². The van der Waals surface area contributed by atoms with Gasteiger partial charge in [0, 0.05) is 31.1 Å². The molecular formula is C20H25N3O. The van der Waals surface area contributed by atoms with Crippen LogP contribution in [0.1, 0.15) is 66.3 Å². The largest absolute Gasteiger partial charge is 0.348 e. The Bertz CT molecular complexity index is 701. The number of benzene rings is 1. The van der Waals surface area contributed by atoms with E-state index in [-0.39, 0.29) is 5.91 Å². The molecule has 1 N–H and O–H groups in total. The number of aryl methyl sites for hydroxylation is 1. The van der Waals surface area contributed by atoms with E-state index < -0.39 is 0 Å². The highest BCUT2D eigenvalue weighted by molar-refractivity contribution is 5.92. The number of aromatic nitrogens is 2. The molecule has 2 aromatic rings. The molecule has 4 rings (SSSR count). The highest BCUT2D eigenvalue weighted by Crippen LogP contribution is 2.28. The molecule has 4 nitrogen and oxygen atoms in total. The van der Waals surface area contributed by atoms with Gasteiger partial charge in [-0.1, -0.05) is 49.6 Å². The third kappa shape index (κ3) is 3.23. The minimum atomic E-state index is 0.0000566. The van der Waals surface area contributed by atoms with E-state index in [0.717, 1.165) is 38.1 Å². The summed E-state index contributed by atoms with van der Waals surface area (Å²) in [6.07, 6.45) is 9.95. The number of imidazole rings is 1. The maximum atomic E-state index is 12.5. The van der Waals surface area contributed by atoms with E-state index in [1.54, 1.807) is 0 Å². The van der Waals surface area contributed by atoms with Crippen molar-refractivity contribution < 1.29 is 4.79 Å². The Morgan fingerprint density at radius 3 is 2.67 bits per heavy atom. The first-order chi connectivity index (χ1) is 11.8. The van der Waals surface area contributed by atoms with Crippen LogP contribution in [-0.4, -0.2) is 21.5 Å². The summed E-state index contributed by atoms with van der Waals surface area (Å²) in [5, 5.41) is 3.17. The lowest BCUT2D eigenvalue weighted by molar-refractivity contribution is 0.0923. The van der Waals surface area contributed by atoms with E-state index in [1.165, 1.54) is 24.8 Å². The fraction of sp³-hybridized carbons (Fsp3) is 0.500. The summed E-state index contributed by atoms with van der Waals surface area (Å²) in [6, 6.07) is 11.0. The van der Waals surface area contributed by atoms with Gasteiger partial charge < -0.3 is 9.88 Å². The van der Waals surface area contributed by atoms with Crippen molar-refractivity contribution in [3.05, 3.63) is 53.6 Å². The number of hydrogen-bond acceptors (Lipinski definition) is 2. The van der Waals surface area contributed by atoms with Crippen LogP contribution in [0.4, 0.5) is 0 Å². The van der Waals surface area contributed by atoms with Gasteiger partial charge >= 0.3 is 0 Å². The van der Waals surface area contributed by atoms with Crippen LogP contribution in [0.2, 0.25) is 0 Å². The Hall–Kier alpha value is -2.10. The Labute approximate surface area is 143 Å². The van der Waals surface area contributed by atoms with Crippen molar-refractivity contribution in [1.82, 2.24) is 14.9 Å². The van der Waals surface area contributed by atoms with Gasteiger partial charge in [0.15, 0.2) is 0 Å². The normalized spacial score (nSPS) is 21.2. The smallest absolute Gasteiger partial charge is 0.271 e. The molecule has 1 saturated carbocycles. The lowest BCUT2D eigenvalue weighted by Gasteiger charge is -2.23. The predicted octanol–water partition coefficient (Wildman–Crippen LogP) is 3.68. The average Bonchev–Trinajstić information content (AvgIpc) is 3.07. The SMILES string of the molecule is O=C(NC1CCCCC1)c1cn2c(n1)CC[C@H](c1ccccc1)C2. The molecule has 1 fully saturated rings. The Balaban J connectivity index is 1.45. The van der Waals surface area contributed by atoms with E-state index in [2.05, 4.69) is 45.2 Å². The van der Waals surface area contributed by atoms with Gasteiger partial charge in [0.05, 0.1) is 0 Å². The maximum Gasteiger partial charge on any atom is 0.271 e. The number of carbonyl (C=O) groups is 1. The van der Waals surface area contributed by atoms with E-state index in [9.17, 15) is 4.79 Å². The summed E-state index contributed by atoms with van der Waals surface area (Å²) in [7, 11) is 0. The number of hydrogen-bond donors (Lipinski definition) is 1. The quantitative estimate of drug-likeness (QED) is 0.936. The maximum absolute atomic E-state index is 12.5. The second-order valence-corrected chi connectivity index (χ2v) is 7.15. The second kappa shape index (κ2) is 6.80. The summed E-state index contributed by atoms with van der Waals surface area (Å²) >= 11 is 0. The molecule has 0 radical (unpaired) electrons. The lowest BCUT2D eigenvalue weighted by Crippen LogP contribution is -2.36. The van der Waals surface area contributed by atoms with Gasteiger partial charge in [0.2, 0.25) is 0 Å². The van der Waals surface area contributed by atoms with Crippen molar-refractivity contribution in [3.63, 3.8) is 0 Å². The first-order valence-corrected chi connectivity index (χ1v) is 9.21. The van der Waals surface area contributed by atoms with Crippen LogP contribution < -0.4 is 5.32 Å². The molecule has 1 aliphatic heterocycles. The monoisotopic (exact) mass is 323 g/mol. The van der Waals surface area contributed by atoms with Crippen molar-refractivity contribution in [1.29, 1.82) is 0 Å². The van der Waals surface area contributed by atoms with Crippen molar-refractivity contribution in [2.75, 3.05) is 0 Å². The van der Waals surface area contributed by atoms with E-state index >= 15 is 0 Å². The Kier molecular flexibility index (Phi) is 4.37. The highest BCUT2D eigenvalue weighted by Gasteiger charge is 2.24. The van der Waals surface area contributed by atoms with Crippen molar-refractivity contribution >= 4 is 5.91 Å². The van der Waals surface area contributed by atoms with Crippen LogP contribution in [0.3, 0.4) is 0 Å². The molecule has 0 bridgehead atoms. The van der Waals surface area contributed by atoms with Crippen LogP contribution in [0.5, 0.6) is 0 Å². The third-order valence-electron chi connectivity index (χ3n) is 5.44. The topological polar surface area (TPSA) is 46.9 Å². The number of carbonyl (C=O) groups excluding carboxylic acids is 1. The molecule has 2 heterocycles.